The van der Waals surface area contributed by atoms with E-state index in [0.29, 0.717) is 11.3 Å². The largest absolute Gasteiger partial charge is 0.508 e. The Hall–Kier alpha value is -3.08. The van der Waals surface area contributed by atoms with Gasteiger partial charge in [0.15, 0.2) is 0 Å². The van der Waals surface area contributed by atoms with Crippen LogP contribution >= 0.6 is 0 Å². The number of anilines is 1. The number of phenolic OH excluding ortho intramolecular Hbond substituents is 1. The number of benzene rings is 2. The lowest BCUT2D eigenvalue weighted by molar-refractivity contribution is 0.102. The van der Waals surface area contributed by atoms with Gasteiger partial charge in [-0.05, 0) is 55.3 Å². The predicted molar refractivity (Wildman–Crippen MR) is 88.0 cm³/mol. The van der Waals surface area contributed by atoms with Crippen molar-refractivity contribution in [3.8, 4) is 5.75 Å². The summed E-state index contributed by atoms with van der Waals surface area (Å²) in [4.78, 5) is 24.7. The Labute approximate surface area is 132 Å². The van der Waals surface area contributed by atoms with Crippen LogP contribution in [0.15, 0.2) is 51.9 Å². The molecule has 3 rings (SSSR count). The number of carbonyl (C=O) groups excluding carboxylic acids is 1. The molecule has 0 fully saturated rings. The van der Waals surface area contributed by atoms with Gasteiger partial charge in [-0.25, -0.2) is 0 Å². The number of rotatable bonds is 2. The molecule has 23 heavy (non-hydrogen) atoms. The van der Waals surface area contributed by atoms with Crippen molar-refractivity contribution in [1.82, 2.24) is 0 Å². The number of hydrogen-bond donors (Lipinski definition) is 2. The van der Waals surface area contributed by atoms with E-state index in [-0.39, 0.29) is 16.7 Å². The van der Waals surface area contributed by atoms with Gasteiger partial charge in [0.2, 0.25) is 5.43 Å². The molecule has 2 N–H and O–H groups in total. The van der Waals surface area contributed by atoms with Crippen LogP contribution in [0.3, 0.4) is 0 Å². The number of phenols is 1. The van der Waals surface area contributed by atoms with E-state index in [1.165, 1.54) is 18.2 Å². The summed E-state index contributed by atoms with van der Waals surface area (Å²) in [5.74, 6) is -0.608. The molecule has 3 aromatic rings. The van der Waals surface area contributed by atoms with Crippen molar-refractivity contribution in [3.63, 3.8) is 0 Å². The summed E-state index contributed by atoms with van der Waals surface area (Å²) in [6.07, 6.45) is 1.14. The molecule has 0 aliphatic rings. The minimum absolute atomic E-state index is 0.0588. The lowest BCUT2D eigenvalue weighted by Gasteiger charge is -2.07. The van der Waals surface area contributed by atoms with E-state index >= 15 is 0 Å². The molecule has 0 atom stereocenters. The Kier molecular flexibility index (Phi) is 3.62. The Morgan fingerprint density at radius 1 is 1.09 bits per heavy atom. The highest BCUT2D eigenvalue weighted by Crippen LogP contribution is 2.19. The van der Waals surface area contributed by atoms with Gasteiger partial charge in [0.1, 0.15) is 23.2 Å². The molecule has 0 aliphatic carbocycles. The van der Waals surface area contributed by atoms with Crippen molar-refractivity contribution < 1.29 is 14.3 Å². The van der Waals surface area contributed by atoms with Crippen LogP contribution in [0.5, 0.6) is 5.75 Å². The first-order chi connectivity index (χ1) is 11.0. The molecule has 1 heterocycles. The summed E-state index contributed by atoms with van der Waals surface area (Å²) in [7, 11) is 0. The number of aryl methyl sites for hydroxylation is 2. The van der Waals surface area contributed by atoms with Crippen molar-refractivity contribution >= 4 is 22.6 Å². The molecule has 116 valence electrons. The topological polar surface area (TPSA) is 79.5 Å². The molecule has 0 saturated heterocycles. The van der Waals surface area contributed by atoms with E-state index in [1.807, 2.05) is 26.0 Å². The lowest BCUT2D eigenvalue weighted by Crippen LogP contribution is -2.21. The van der Waals surface area contributed by atoms with Gasteiger partial charge in [-0.1, -0.05) is 6.07 Å². The summed E-state index contributed by atoms with van der Waals surface area (Å²) < 4.78 is 5.31. The molecule has 0 radical (unpaired) electrons. The first-order valence-electron chi connectivity index (χ1n) is 7.09. The minimum Gasteiger partial charge on any atom is -0.508 e. The maximum Gasteiger partial charge on any atom is 0.262 e. The van der Waals surface area contributed by atoms with E-state index < -0.39 is 11.3 Å². The SMILES string of the molecule is Cc1ccc(NC(=O)c2coc3ccc(O)cc3c2=O)cc1C. The zero-order valence-corrected chi connectivity index (χ0v) is 12.7. The van der Waals surface area contributed by atoms with Gasteiger partial charge in [0.25, 0.3) is 5.91 Å². The second-order valence-corrected chi connectivity index (χ2v) is 5.41. The number of carbonyl (C=O) groups is 1. The molecule has 5 nitrogen and oxygen atoms in total. The highest BCUT2D eigenvalue weighted by atomic mass is 16.3. The Morgan fingerprint density at radius 3 is 2.61 bits per heavy atom. The number of aromatic hydroxyl groups is 1. The normalized spacial score (nSPS) is 10.7. The number of amides is 1. The second-order valence-electron chi connectivity index (χ2n) is 5.41. The molecular formula is C18H15NO4. The molecule has 0 spiro atoms. The maximum atomic E-state index is 12.4. The Morgan fingerprint density at radius 2 is 1.87 bits per heavy atom. The molecule has 1 amide bonds. The van der Waals surface area contributed by atoms with Crippen LogP contribution in [-0.4, -0.2) is 11.0 Å². The molecule has 1 aromatic heterocycles. The Bertz CT molecular complexity index is 972. The van der Waals surface area contributed by atoms with Gasteiger partial charge in [-0.15, -0.1) is 0 Å². The average molecular weight is 309 g/mol. The van der Waals surface area contributed by atoms with E-state index in [2.05, 4.69) is 5.32 Å². The fourth-order valence-corrected chi connectivity index (χ4v) is 2.29. The van der Waals surface area contributed by atoms with Gasteiger partial charge in [0.05, 0.1) is 5.39 Å². The first-order valence-corrected chi connectivity index (χ1v) is 7.09. The van der Waals surface area contributed by atoms with Crippen LogP contribution in [0.1, 0.15) is 21.5 Å². The zero-order valence-electron chi connectivity index (χ0n) is 12.7. The number of hydrogen-bond acceptors (Lipinski definition) is 4. The summed E-state index contributed by atoms with van der Waals surface area (Å²) in [6, 6.07) is 9.69. The summed E-state index contributed by atoms with van der Waals surface area (Å²) in [5, 5.41) is 12.3. The highest BCUT2D eigenvalue weighted by Gasteiger charge is 2.15. The van der Waals surface area contributed by atoms with Crippen LogP contribution in [0.2, 0.25) is 0 Å². The van der Waals surface area contributed by atoms with E-state index in [0.717, 1.165) is 17.4 Å². The third kappa shape index (κ3) is 2.81. The van der Waals surface area contributed by atoms with Gasteiger partial charge in [-0.3, -0.25) is 9.59 Å². The molecule has 2 aromatic carbocycles. The quantitative estimate of drug-likeness (QED) is 0.760. The van der Waals surface area contributed by atoms with Gasteiger partial charge in [0, 0.05) is 5.69 Å². The van der Waals surface area contributed by atoms with Crippen LogP contribution < -0.4 is 10.7 Å². The van der Waals surface area contributed by atoms with Crippen molar-refractivity contribution in [3.05, 3.63) is 69.6 Å². The zero-order chi connectivity index (χ0) is 16.6. The third-order valence-corrected chi connectivity index (χ3v) is 3.77. The predicted octanol–water partition coefficient (Wildman–Crippen LogP) is 3.37. The first kappa shape index (κ1) is 14.8. The van der Waals surface area contributed by atoms with Crippen molar-refractivity contribution in [2.24, 2.45) is 0 Å². The third-order valence-electron chi connectivity index (χ3n) is 3.77. The van der Waals surface area contributed by atoms with E-state index in [4.69, 9.17) is 4.42 Å². The summed E-state index contributed by atoms with van der Waals surface area (Å²) in [5.41, 5.74) is 2.48. The monoisotopic (exact) mass is 309 g/mol. The second kappa shape index (κ2) is 5.61. The van der Waals surface area contributed by atoms with E-state index in [1.54, 1.807) is 6.07 Å². The van der Waals surface area contributed by atoms with Crippen LogP contribution in [0, 0.1) is 13.8 Å². The van der Waals surface area contributed by atoms with Crippen molar-refractivity contribution in [2.75, 3.05) is 5.32 Å². The van der Waals surface area contributed by atoms with Crippen molar-refractivity contribution in [2.45, 2.75) is 13.8 Å². The number of nitrogens with one attached hydrogen (secondary N) is 1. The lowest BCUT2D eigenvalue weighted by atomic mass is 10.1. The molecule has 0 saturated carbocycles. The highest BCUT2D eigenvalue weighted by molar-refractivity contribution is 6.05. The average Bonchev–Trinajstić information content (AvgIpc) is 2.52. The number of fused-ring (bicyclic) bond motifs is 1. The molecular weight excluding hydrogens is 294 g/mol. The molecule has 0 bridgehead atoms. The molecule has 5 heteroatoms. The fraction of sp³-hybridized carbons (Fsp3) is 0.111. The fourth-order valence-electron chi connectivity index (χ4n) is 2.29. The van der Waals surface area contributed by atoms with E-state index in [9.17, 15) is 14.7 Å². The standard InChI is InChI=1S/C18H15NO4/c1-10-3-4-12(7-11(10)2)19-18(22)15-9-23-16-6-5-13(20)8-14(16)17(15)21/h3-9,20H,1-2H3,(H,19,22). The summed E-state index contributed by atoms with van der Waals surface area (Å²) in [6.45, 7) is 3.92. The van der Waals surface area contributed by atoms with Gasteiger partial charge < -0.3 is 14.8 Å². The Balaban J connectivity index is 1.99. The summed E-state index contributed by atoms with van der Waals surface area (Å²) >= 11 is 0. The van der Waals surface area contributed by atoms with Gasteiger partial charge >= 0.3 is 0 Å². The molecule has 0 aliphatic heterocycles. The van der Waals surface area contributed by atoms with Gasteiger partial charge in [-0.2, -0.15) is 0 Å². The van der Waals surface area contributed by atoms with Crippen LogP contribution in [0.25, 0.3) is 11.0 Å². The maximum absolute atomic E-state index is 12.4. The van der Waals surface area contributed by atoms with Crippen LogP contribution in [-0.2, 0) is 0 Å². The minimum atomic E-state index is -0.549. The van der Waals surface area contributed by atoms with Crippen molar-refractivity contribution in [1.29, 1.82) is 0 Å². The molecule has 0 unspecified atom stereocenters. The smallest absolute Gasteiger partial charge is 0.262 e. The van der Waals surface area contributed by atoms with Crippen LogP contribution in [0.4, 0.5) is 5.69 Å².